The fraction of sp³-hybridized carbons (Fsp3) is 0.233. The molecule has 1 aliphatic rings. The molecule has 42 heavy (non-hydrogen) atoms. The van der Waals surface area contributed by atoms with Crippen LogP contribution in [0.2, 0.25) is 0 Å². The Morgan fingerprint density at radius 3 is 2.67 bits per heavy atom. The lowest BCUT2D eigenvalue weighted by Crippen LogP contribution is -2.39. The number of nitrogens with zero attached hydrogens (tertiary/aromatic N) is 2. The molecule has 5 rings (SSSR count). The molecule has 1 amide bonds. The van der Waals surface area contributed by atoms with Crippen molar-refractivity contribution in [2.45, 2.75) is 23.4 Å². The number of carbonyl (C=O) groups excluding carboxylic acids is 2. The minimum Gasteiger partial charge on any atom is -0.768 e. The van der Waals surface area contributed by atoms with Crippen LogP contribution < -0.4 is 15.8 Å². The molecule has 3 N–H and O–H groups in total. The fourth-order valence-electron chi connectivity index (χ4n) is 5.47. The highest BCUT2D eigenvalue weighted by atomic mass is 32.2. The SMILES string of the molecule is COC(=O)[C@H]1CCN(C(=O)C(Nc2ccc3c(N)nccc3c2)c2ccc(F)c(OC)c2)[C@H]1c1ccccc1S(=O)[O-]. The van der Waals surface area contributed by atoms with E-state index in [4.69, 9.17) is 15.2 Å². The normalized spacial score (nSPS) is 18.0. The van der Waals surface area contributed by atoms with E-state index in [1.165, 1.54) is 43.4 Å². The number of amides is 1. The van der Waals surface area contributed by atoms with Crippen LogP contribution in [-0.4, -0.2) is 51.3 Å². The summed E-state index contributed by atoms with van der Waals surface area (Å²) in [4.78, 5) is 32.9. The van der Waals surface area contributed by atoms with Gasteiger partial charge in [0.1, 0.15) is 11.9 Å². The third-order valence-electron chi connectivity index (χ3n) is 7.46. The van der Waals surface area contributed by atoms with E-state index in [2.05, 4.69) is 10.3 Å². The topological polar surface area (TPSA) is 147 Å². The van der Waals surface area contributed by atoms with E-state index in [1.54, 1.807) is 42.6 Å². The summed E-state index contributed by atoms with van der Waals surface area (Å²) in [5.74, 6) is -2.11. The number of nitrogens with one attached hydrogen (secondary N) is 1. The van der Waals surface area contributed by atoms with Crippen molar-refractivity contribution in [1.29, 1.82) is 0 Å². The van der Waals surface area contributed by atoms with Gasteiger partial charge in [0, 0.05) is 28.7 Å². The molecular weight excluding hydrogens is 563 g/mol. The lowest BCUT2D eigenvalue weighted by Gasteiger charge is -2.33. The first-order valence-electron chi connectivity index (χ1n) is 13.0. The summed E-state index contributed by atoms with van der Waals surface area (Å²) < 4.78 is 48.9. The Morgan fingerprint density at radius 2 is 1.93 bits per heavy atom. The Labute approximate surface area is 243 Å². The number of carbonyl (C=O) groups is 2. The number of esters is 1. The Kier molecular flexibility index (Phi) is 8.36. The summed E-state index contributed by atoms with van der Waals surface area (Å²) in [6, 6.07) is 15.5. The summed E-state index contributed by atoms with van der Waals surface area (Å²) in [7, 11) is 2.57. The molecule has 1 fully saturated rings. The first kappa shape index (κ1) is 29.0. The van der Waals surface area contributed by atoms with Crippen molar-refractivity contribution in [1.82, 2.24) is 9.88 Å². The Balaban J connectivity index is 1.61. The van der Waals surface area contributed by atoms with E-state index in [1.807, 2.05) is 6.07 Å². The lowest BCUT2D eigenvalue weighted by molar-refractivity contribution is -0.147. The van der Waals surface area contributed by atoms with E-state index in [-0.39, 0.29) is 23.6 Å². The van der Waals surface area contributed by atoms with Crippen molar-refractivity contribution in [3.8, 4) is 5.75 Å². The van der Waals surface area contributed by atoms with Crippen molar-refractivity contribution < 1.29 is 32.2 Å². The number of benzene rings is 3. The fourth-order valence-corrected chi connectivity index (χ4v) is 6.04. The van der Waals surface area contributed by atoms with Gasteiger partial charge in [0.25, 0.3) is 0 Å². The quantitative estimate of drug-likeness (QED) is 0.228. The molecule has 0 bridgehead atoms. The maximum absolute atomic E-state index is 14.5. The predicted molar refractivity (Wildman–Crippen MR) is 154 cm³/mol. The van der Waals surface area contributed by atoms with E-state index in [0.29, 0.717) is 22.6 Å². The van der Waals surface area contributed by atoms with Gasteiger partial charge in [-0.05, 0) is 76.5 Å². The molecule has 4 atom stereocenters. The molecule has 0 saturated carbocycles. The number of rotatable bonds is 8. The summed E-state index contributed by atoms with van der Waals surface area (Å²) in [5, 5.41) is 4.77. The number of anilines is 2. The number of nitrogens with two attached hydrogens (primary N) is 1. The van der Waals surface area contributed by atoms with Gasteiger partial charge in [0.2, 0.25) is 5.91 Å². The van der Waals surface area contributed by atoms with E-state index < -0.39 is 46.8 Å². The molecule has 218 valence electrons. The minimum absolute atomic E-state index is 0.0233. The molecule has 3 aromatic carbocycles. The van der Waals surface area contributed by atoms with Gasteiger partial charge < -0.3 is 30.0 Å². The highest BCUT2D eigenvalue weighted by Gasteiger charge is 2.45. The van der Waals surface area contributed by atoms with Crippen LogP contribution in [0.4, 0.5) is 15.9 Å². The molecule has 2 unspecified atom stereocenters. The average molecular weight is 592 g/mol. The maximum Gasteiger partial charge on any atom is 0.311 e. The second kappa shape index (κ2) is 12.1. The van der Waals surface area contributed by atoms with Crippen LogP contribution in [0, 0.1) is 11.7 Å². The van der Waals surface area contributed by atoms with Gasteiger partial charge in [0.15, 0.2) is 11.6 Å². The van der Waals surface area contributed by atoms with Gasteiger partial charge in [-0.25, -0.2) is 9.37 Å². The molecule has 0 aliphatic carbocycles. The largest absolute Gasteiger partial charge is 0.768 e. The molecule has 1 saturated heterocycles. The highest BCUT2D eigenvalue weighted by Crippen LogP contribution is 2.42. The molecule has 1 aromatic heterocycles. The minimum atomic E-state index is -2.62. The summed E-state index contributed by atoms with van der Waals surface area (Å²) in [5.41, 5.74) is 7.27. The number of pyridine rings is 1. The Bertz CT molecular complexity index is 1690. The smallest absolute Gasteiger partial charge is 0.311 e. The van der Waals surface area contributed by atoms with Gasteiger partial charge in [0.05, 0.1) is 26.2 Å². The standard InChI is InChI=1S/C30H29FN4O6S/c1-40-24-16-18(7-10-23(24)31)26(34-19-8-9-20-17(15-19)11-13-33-28(20)32)29(36)35-14-12-22(30(37)41-2)27(35)21-5-3-4-6-25(21)42(38)39/h3-11,13,15-16,22,26-27,34H,12,14H2,1-2H3,(H2,32,33)(H,38,39)/p-1/t22-,26?,27-/m0/s1. The van der Waals surface area contributed by atoms with Crippen molar-refractivity contribution in [3.63, 3.8) is 0 Å². The molecule has 4 aromatic rings. The second-order valence-corrected chi connectivity index (χ2v) is 10.7. The first-order chi connectivity index (χ1) is 20.2. The number of aromatic nitrogens is 1. The molecule has 0 radical (unpaired) electrons. The monoisotopic (exact) mass is 591 g/mol. The van der Waals surface area contributed by atoms with Crippen LogP contribution in [0.15, 0.2) is 77.8 Å². The molecule has 10 nitrogen and oxygen atoms in total. The number of hydrogen-bond acceptors (Lipinski definition) is 9. The van der Waals surface area contributed by atoms with Crippen molar-refractivity contribution in [3.05, 3.63) is 89.9 Å². The molecule has 0 spiro atoms. The highest BCUT2D eigenvalue weighted by molar-refractivity contribution is 7.79. The van der Waals surface area contributed by atoms with Gasteiger partial charge in [-0.3, -0.25) is 13.8 Å². The number of fused-ring (bicyclic) bond motifs is 1. The van der Waals surface area contributed by atoms with Gasteiger partial charge in [-0.1, -0.05) is 24.3 Å². The molecule has 1 aliphatic heterocycles. The summed E-state index contributed by atoms with van der Waals surface area (Å²) in [6.07, 6.45) is 1.83. The summed E-state index contributed by atoms with van der Waals surface area (Å²) in [6.45, 7) is 0.152. The number of ether oxygens (including phenoxy) is 2. The predicted octanol–water partition coefficient (Wildman–Crippen LogP) is 4.12. The average Bonchev–Trinajstić information content (AvgIpc) is 3.44. The Morgan fingerprint density at radius 1 is 1.14 bits per heavy atom. The zero-order valence-electron chi connectivity index (χ0n) is 22.8. The zero-order valence-corrected chi connectivity index (χ0v) is 23.6. The van der Waals surface area contributed by atoms with Crippen LogP contribution >= 0.6 is 0 Å². The third kappa shape index (κ3) is 5.50. The van der Waals surface area contributed by atoms with Gasteiger partial charge >= 0.3 is 5.97 Å². The number of nitrogen functional groups attached to an aromatic ring is 1. The maximum atomic E-state index is 14.5. The van der Waals surface area contributed by atoms with Crippen LogP contribution in [0.5, 0.6) is 5.75 Å². The van der Waals surface area contributed by atoms with Crippen LogP contribution in [0.3, 0.4) is 0 Å². The second-order valence-electron chi connectivity index (χ2n) is 9.77. The molecule has 2 heterocycles. The van der Waals surface area contributed by atoms with E-state index in [0.717, 1.165) is 10.8 Å². The van der Waals surface area contributed by atoms with Crippen LogP contribution in [0.1, 0.15) is 29.6 Å². The number of likely N-dealkylation sites (tertiary alicyclic amines) is 1. The van der Waals surface area contributed by atoms with Crippen molar-refractivity contribution >= 4 is 45.2 Å². The van der Waals surface area contributed by atoms with E-state index >= 15 is 0 Å². The molecule has 12 heteroatoms. The number of hydrogen-bond donors (Lipinski definition) is 2. The van der Waals surface area contributed by atoms with Gasteiger partial charge in [-0.2, -0.15) is 0 Å². The summed E-state index contributed by atoms with van der Waals surface area (Å²) >= 11 is -2.62. The first-order valence-corrected chi connectivity index (χ1v) is 14.1. The van der Waals surface area contributed by atoms with Crippen molar-refractivity contribution in [2.75, 3.05) is 31.8 Å². The van der Waals surface area contributed by atoms with Crippen LogP contribution in [-0.2, 0) is 25.4 Å². The Hall–Kier alpha value is -4.55. The lowest BCUT2D eigenvalue weighted by atomic mass is 9.93. The number of methoxy groups -OCH3 is 2. The number of halogens is 1. The van der Waals surface area contributed by atoms with Crippen LogP contribution in [0.25, 0.3) is 10.8 Å². The third-order valence-corrected chi connectivity index (χ3v) is 8.19. The van der Waals surface area contributed by atoms with Gasteiger partial charge in [-0.15, -0.1) is 0 Å². The van der Waals surface area contributed by atoms with E-state index in [9.17, 15) is 22.7 Å². The molecular formula is C30H28FN4O6S-. The zero-order chi connectivity index (χ0) is 30.0. The van der Waals surface area contributed by atoms with Crippen molar-refractivity contribution in [2.24, 2.45) is 5.92 Å².